The van der Waals surface area contributed by atoms with Crippen LogP contribution in [-0.4, -0.2) is 21.5 Å². The third-order valence-corrected chi connectivity index (χ3v) is 4.30. The van der Waals surface area contributed by atoms with Crippen molar-refractivity contribution in [2.45, 2.75) is 44.2 Å². The molecule has 0 spiro atoms. The normalized spacial score (nSPS) is 13.5. The first kappa shape index (κ1) is 15.1. The molecule has 1 aromatic rings. The Labute approximate surface area is 110 Å². The summed E-state index contributed by atoms with van der Waals surface area (Å²) in [5, 5.41) is 3.03. The fourth-order valence-electron chi connectivity index (χ4n) is 1.82. The van der Waals surface area contributed by atoms with Gasteiger partial charge in [-0.25, -0.2) is 13.1 Å². The predicted molar refractivity (Wildman–Crippen MR) is 73.9 cm³/mol. The van der Waals surface area contributed by atoms with Crippen LogP contribution in [0.4, 0.5) is 0 Å². The second kappa shape index (κ2) is 6.87. The highest BCUT2D eigenvalue weighted by Crippen LogP contribution is 2.12. The van der Waals surface area contributed by atoms with Gasteiger partial charge in [-0.15, -0.1) is 0 Å². The first-order valence-corrected chi connectivity index (χ1v) is 7.73. The quantitative estimate of drug-likeness (QED) is 0.795. The number of nitrogens with one attached hydrogen (secondary N) is 2. The molecule has 0 aliphatic rings. The van der Waals surface area contributed by atoms with Gasteiger partial charge in [0.1, 0.15) is 0 Å². The van der Waals surface area contributed by atoms with E-state index in [2.05, 4.69) is 10.0 Å². The third-order valence-electron chi connectivity index (χ3n) is 2.69. The summed E-state index contributed by atoms with van der Waals surface area (Å²) in [5.74, 6) is 0. The second-order valence-corrected chi connectivity index (χ2v) is 6.20. The smallest absolute Gasteiger partial charge is 0.240 e. The maximum Gasteiger partial charge on any atom is 0.240 e. The first-order valence-electron chi connectivity index (χ1n) is 6.25. The molecule has 4 nitrogen and oxygen atoms in total. The van der Waals surface area contributed by atoms with E-state index in [4.69, 9.17) is 0 Å². The lowest BCUT2D eigenvalue weighted by Crippen LogP contribution is -2.32. The highest BCUT2D eigenvalue weighted by molar-refractivity contribution is 7.89. The van der Waals surface area contributed by atoms with E-state index in [0.717, 1.165) is 24.9 Å². The van der Waals surface area contributed by atoms with E-state index >= 15 is 0 Å². The number of rotatable bonds is 7. The van der Waals surface area contributed by atoms with Gasteiger partial charge in [0, 0.05) is 12.6 Å². The zero-order valence-corrected chi connectivity index (χ0v) is 12.0. The summed E-state index contributed by atoms with van der Waals surface area (Å²) in [5.41, 5.74) is 1.07. The van der Waals surface area contributed by atoms with Gasteiger partial charge in [-0.2, -0.15) is 0 Å². The summed E-state index contributed by atoms with van der Waals surface area (Å²) >= 11 is 0. The van der Waals surface area contributed by atoms with Gasteiger partial charge < -0.3 is 5.32 Å². The van der Waals surface area contributed by atoms with Crippen LogP contribution in [0, 0.1) is 0 Å². The van der Waals surface area contributed by atoms with Gasteiger partial charge in [0.2, 0.25) is 10.0 Å². The standard InChI is InChI=1S/C13H22N2O2S/c1-4-5-11(2)15-18(16,17)13-8-6-12(7-9-13)10-14-3/h6-9,11,14-15H,4-5,10H2,1-3H3. The van der Waals surface area contributed by atoms with Crippen molar-refractivity contribution < 1.29 is 8.42 Å². The van der Waals surface area contributed by atoms with Crippen LogP contribution < -0.4 is 10.0 Å². The van der Waals surface area contributed by atoms with Crippen molar-refractivity contribution in [2.24, 2.45) is 0 Å². The molecule has 1 rings (SSSR count). The topological polar surface area (TPSA) is 58.2 Å². The van der Waals surface area contributed by atoms with E-state index in [1.165, 1.54) is 0 Å². The van der Waals surface area contributed by atoms with Gasteiger partial charge >= 0.3 is 0 Å². The minimum absolute atomic E-state index is 0.0306. The summed E-state index contributed by atoms with van der Waals surface area (Å²) in [4.78, 5) is 0.324. The number of hydrogen-bond donors (Lipinski definition) is 2. The summed E-state index contributed by atoms with van der Waals surface area (Å²) < 4.78 is 26.8. The summed E-state index contributed by atoms with van der Waals surface area (Å²) in [7, 11) is -1.52. The molecule has 0 saturated heterocycles. The number of hydrogen-bond acceptors (Lipinski definition) is 3. The molecule has 102 valence electrons. The van der Waals surface area contributed by atoms with Gasteiger partial charge in [0.05, 0.1) is 4.90 Å². The zero-order chi connectivity index (χ0) is 13.6. The largest absolute Gasteiger partial charge is 0.316 e. The Bertz CT molecular complexity index is 454. The van der Waals surface area contributed by atoms with Crippen LogP contribution in [0.5, 0.6) is 0 Å². The lowest BCUT2D eigenvalue weighted by Gasteiger charge is -2.13. The number of sulfonamides is 1. The average Bonchev–Trinajstić information content (AvgIpc) is 2.29. The fraction of sp³-hybridized carbons (Fsp3) is 0.538. The van der Waals surface area contributed by atoms with Crippen molar-refractivity contribution >= 4 is 10.0 Å². The Morgan fingerprint density at radius 1 is 1.22 bits per heavy atom. The summed E-state index contributed by atoms with van der Waals surface area (Å²) in [6.07, 6.45) is 1.81. The van der Waals surface area contributed by atoms with Gasteiger partial charge in [0.25, 0.3) is 0 Å². The molecule has 0 amide bonds. The Morgan fingerprint density at radius 2 is 1.83 bits per heavy atom. The molecule has 18 heavy (non-hydrogen) atoms. The third kappa shape index (κ3) is 4.40. The molecule has 1 atom stereocenters. The SMILES string of the molecule is CCCC(C)NS(=O)(=O)c1ccc(CNC)cc1. The van der Waals surface area contributed by atoms with Gasteiger partial charge in [0.15, 0.2) is 0 Å². The van der Waals surface area contributed by atoms with Gasteiger partial charge in [-0.05, 0) is 38.1 Å². The minimum Gasteiger partial charge on any atom is -0.316 e. The maximum atomic E-state index is 12.1. The van der Waals surface area contributed by atoms with Crippen molar-refractivity contribution in [1.29, 1.82) is 0 Å². The molecule has 5 heteroatoms. The van der Waals surface area contributed by atoms with E-state index in [0.29, 0.717) is 4.90 Å². The highest BCUT2D eigenvalue weighted by atomic mass is 32.2. The lowest BCUT2D eigenvalue weighted by atomic mass is 10.2. The second-order valence-electron chi connectivity index (χ2n) is 4.49. The Kier molecular flexibility index (Phi) is 5.78. The zero-order valence-electron chi connectivity index (χ0n) is 11.2. The van der Waals surface area contributed by atoms with Crippen LogP contribution in [0.15, 0.2) is 29.2 Å². The lowest BCUT2D eigenvalue weighted by molar-refractivity contribution is 0.544. The monoisotopic (exact) mass is 270 g/mol. The van der Waals surface area contributed by atoms with Crippen LogP contribution >= 0.6 is 0 Å². The van der Waals surface area contributed by atoms with Crippen molar-refractivity contribution in [3.63, 3.8) is 0 Å². The molecule has 2 N–H and O–H groups in total. The molecule has 0 heterocycles. The molecule has 0 aliphatic heterocycles. The van der Waals surface area contributed by atoms with Crippen LogP contribution in [-0.2, 0) is 16.6 Å². The van der Waals surface area contributed by atoms with Crippen molar-refractivity contribution in [3.05, 3.63) is 29.8 Å². The van der Waals surface area contributed by atoms with Gasteiger partial charge in [-0.1, -0.05) is 25.5 Å². The van der Waals surface area contributed by atoms with Crippen LogP contribution in [0.25, 0.3) is 0 Å². The molecule has 0 radical (unpaired) electrons. The fourth-order valence-corrected chi connectivity index (χ4v) is 3.09. The Morgan fingerprint density at radius 3 is 2.33 bits per heavy atom. The number of benzene rings is 1. The molecule has 1 unspecified atom stereocenters. The van der Waals surface area contributed by atoms with Crippen molar-refractivity contribution in [3.8, 4) is 0 Å². The summed E-state index contributed by atoms with van der Waals surface area (Å²) in [6, 6.07) is 6.92. The minimum atomic E-state index is -3.38. The van der Waals surface area contributed by atoms with Crippen LogP contribution in [0.2, 0.25) is 0 Å². The average molecular weight is 270 g/mol. The van der Waals surface area contributed by atoms with E-state index in [9.17, 15) is 8.42 Å². The molecule has 0 aliphatic carbocycles. The van der Waals surface area contributed by atoms with E-state index < -0.39 is 10.0 Å². The van der Waals surface area contributed by atoms with Crippen molar-refractivity contribution in [2.75, 3.05) is 7.05 Å². The molecular weight excluding hydrogens is 248 g/mol. The molecule has 0 aromatic heterocycles. The molecule has 0 bridgehead atoms. The molecule has 1 aromatic carbocycles. The molecular formula is C13H22N2O2S. The van der Waals surface area contributed by atoms with Crippen molar-refractivity contribution in [1.82, 2.24) is 10.0 Å². The van der Waals surface area contributed by atoms with Crippen LogP contribution in [0.3, 0.4) is 0 Å². The Balaban J connectivity index is 2.78. The maximum absolute atomic E-state index is 12.1. The first-order chi connectivity index (χ1) is 8.49. The van der Waals surface area contributed by atoms with E-state index in [1.54, 1.807) is 12.1 Å². The highest BCUT2D eigenvalue weighted by Gasteiger charge is 2.16. The predicted octanol–water partition coefficient (Wildman–Crippen LogP) is 1.87. The summed E-state index contributed by atoms with van der Waals surface area (Å²) in [6.45, 7) is 4.66. The van der Waals surface area contributed by atoms with E-state index in [1.807, 2.05) is 33.0 Å². The Hall–Kier alpha value is -0.910. The molecule has 0 saturated carbocycles. The van der Waals surface area contributed by atoms with Crippen LogP contribution in [0.1, 0.15) is 32.3 Å². The van der Waals surface area contributed by atoms with E-state index in [-0.39, 0.29) is 6.04 Å². The molecule has 0 fully saturated rings. The van der Waals surface area contributed by atoms with Gasteiger partial charge in [-0.3, -0.25) is 0 Å².